The van der Waals surface area contributed by atoms with Crippen molar-refractivity contribution < 1.29 is 4.52 Å². The molecule has 1 aromatic carbocycles. The van der Waals surface area contributed by atoms with Gasteiger partial charge in [-0.1, -0.05) is 29.4 Å². The Morgan fingerprint density at radius 2 is 2.20 bits per heavy atom. The van der Waals surface area contributed by atoms with Crippen molar-refractivity contribution in [1.82, 2.24) is 10.1 Å². The minimum atomic E-state index is 0.163. The van der Waals surface area contributed by atoms with Crippen molar-refractivity contribution in [3.8, 4) is 0 Å². The summed E-state index contributed by atoms with van der Waals surface area (Å²) in [5.41, 5.74) is 2.40. The van der Waals surface area contributed by atoms with E-state index in [2.05, 4.69) is 39.0 Å². The van der Waals surface area contributed by atoms with Gasteiger partial charge in [-0.2, -0.15) is 4.98 Å². The van der Waals surface area contributed by atoms with Crippen LogP contribution in [0.1, 0.15) is 28.1 Å². The topological polar surface area (TPSA) is 51.0 Å². The molecule has 3 heterocycles. The highest BCUT2D eigenvalue weighted by Gasteiger charge is 2.28. The second-order valence-electron chi connectivity index (χ2n) is 4.83. The van der Waals surface area contributed by atoms with Crippen LogP contribution in [0.15, 0.2) is 46.3 Å². The monoisotopic (exact) mass is 283 g/mol. The fraction of sp³-hybridized carbons (Fsp3) is 0.200. The molecule has 1 aliphatic rings. The van der Waals surface area contributed by atoms with Gasteiger partial charge in [0.05, 0.1) is 5.92 Å². The molecule has 4 nitrogen and oxygen atoms in total. The van der Waals surface area contributed by atoms with Crippen LogP contribution in [-0.4, -0.2) is 16.7 Å². The first-order valence-corrected chi connectivity index (χ1v) is 7.46. The summed E-state index contributed by atoms with van der Waals surface area (Å²) >= 11 is 1.71. The molecule has 0 saturated carbocycles. The fourth-order valence-electron chi connectivity index (χ4n) is 2.55. The molecule has 0 aliphatic carbocycles. The molecule has 1 atom stereocenters. The molecule has 20 heavy (non-hydrogen) atoms. The Hall–Kier alpha value is -2.14. The van der Waals surface area contributed by atoms with E-state index in [1.54, 1.807) is 11.3 Å². The number of hydrogen-bond donors (Lipinski definition) is 1. The molecule has 5 heteroatoms. The number of nitrogens with zero attached hydrogens (tertiary/aromatic N) is 2. The first kappa shape index (κ1) is 11.7. The van der Waals surface area contributed by atoms with Crippen molar-refractivity contribution in [2.45, 2.75) is 12.3 Å². The van der Waals surface area contributed by atoms with Gasteiger partial charge in [-0.25, -0.2) is 0 Å². The molecule has 0 radical (unpaired) electrons. The molecule has 1 unspecified atom stereocenters. The van der Waals surface area contributed by atoms with Crippen molar-refractivity contribution in [3.05, 3.63) is 63.9 Å². The van der Waals surface area contributed by atoms with E-state index in [0.29, 0.717) is 5.89 Å². The molecule has 3 aromatic rings. The highest BCUT2D eigenvalue weighted by Crippen LogP contribution is 2.35. The fourth-order valence-corrected chi connectivity index (χ4v) is 3.26. The lowest BCUT2D eigenvalue weighted by Gasteiger charge is -2.02. The van der Waals surface area contributed by atoms with Gasteiger partial charge in [-0.3, -0.25) is 0 Å². The van der Waals surface area contributed by atoms with Gasteiger partial charge < -0.3 is 9.84 Å². The Bertz CT molecular complexity index is 720. The van der Waals surface area contributed by atoms with Crippen molar-refractivity contribution in [1.29, 1.82) is 0 Å². The van der Waals surface area contributed by atoms with Gasteiger partial charge in [-0.15, -0.1) is 11.3 Å². The average molecular weight is 283 g/mol. The summed E-state index contributed by atoms with van der Waals surface area (Å²) in [4.78, 5) is 5.81. The van der Waals surface area contributed by atoms with E-state index in [0.717, 1.165) is 24.5 Å². The number of nitrogens with one attached hydrogen (secondary N) is 1. The number of para-hydroxylation sites is 1. The number of anilines is 1. The van der Waals surface area contributed by atoms with E-state index >= 15 is 0 Å². The third-order valence-electron chi connectivity index (χ3n) is 3.53. The first-order chi connectivity index (χ1) is 9.90. The van der Waals surface area contributed by atoms with Crippen LogP contribution in [0.5, 0.6) is 0 Å². The molecule has 2 aromatic heterocycles. The lowest BCUT2D eigenvalue weighted by atomic mass is 10.0. The van der Waals surface area contributed by atoms with Gasteiger partial charge in [-0.05, 0) is 23.1 Å². The van der Waals surface area contributed by atoms with Crippen LogP contribution in [0.4, 0.5) is 5.69 Å². The van der Waals surface area contributed by atoms with Crippen molar-refractivity contribution in [2.75, 3.05) is 11.9 Å². The molecular formula is C15H13N3OS. The summed E-state index contributed by atoms with van der Waals surface area (Å²) in [5, 5.41) is 9.54. The normalized spacial score (nSPS) is 16.9. The second-order valence-corrected chi connectivity index (χ2v) is 5.86. The van der Waals surface area contributed by atoms with E-state index in [-0.39, 0.29) is 5.92 Å². The van der Waals surface area contributed by atoms with Gasteiger partial charge >= 0.3 is 0 Å². The molecule has 0 spiro atoms. The third-order valence-corrected chi connectivity index (χ3v) is 4.40. The minimum absolute atomic E-state index is 0.163. The highest BCUT2D eigenvalue weighted by molar-refractivity contribution is 7.09. The smallest absolute Gasteiger partial charge is 0.236 e. The Morgan fingerprint density at radius 3 is 3.10 bits per heavy atom. The lowest BCUT2D eigenvalue weighted by Crippen LogP contribution is -2.04. The van der Waals surface area contributed by atoms with E-state index in [1.165, 1.54) is 10.4 Å². The number of fused-ring (bicyclic) bond motifs is 1. The van der Waals surface area contributed by atoms with Crippen LogP contribution in [0.3, 0.4) is 0 Å². The summed E-state index contributed by atoms with van der Waals surface area (Å²) in [7, 11) is 0. The quantitative estimate of drug-likeness (QED) is 0.801. The SMILES string of the molecule is c1csc(Cc2noc(C3CNc4ccccc43)n2)c1. The lowest BCUT2D eigenvalue weighted by molar-refractivity contribution is 0.366. The molecular weight excluding hydrogens is 270 g/mol. The third kappa shape index (κ3) is 2.00. The maximum Gasteiger partial charge on any atom is 0.236 e. The zero-order chi connectivity index (χ0) is 13.4. The minimum Gasteiger partial charge on any atom is -0.384 e. The van der Waals surface area contributed by atoms with E-state index in [1.807, 2.05) is 18.2 Å². The molecule has 1 aliphatic heterocycles. The van der Waals surface area contributed by atoms with Crippen LogP contribution in [-0.2, 0) is 6.42 Å². The number of rotatable bonds is 3. The second kappa shape index (κ2) is 4.76. The summed E-state index contributed by atoms with van der Waals surface area (Å²) in [6.07, 6.45) is 0.739. The summed E-state index contributed by atoms with van der Waals surface area (Å²) in [6, 6.07) is 12.4. The molecule has 0 saturated heterocycles. The van der Waals surface area contributed by atoms with Crippen molar-refractivity contribution in [3.63, 3.8) is 0 Å². The van der Waals surface area contributed by atoms with Crippen LogP contribution in [0.2, 0.25) is 0 Å². The van der Waals surface area contributed by atoms with Gasteiger partial charge in [0.15, 0.2) is 5.82 Å². The van der Waals surface area contributed by atoms with Gasteiger partial charge in [0.25, 0.3) is 0 Å². The van der Waals surface area contributed by atoms with Crippen LogP contribution in [0.25, 0.3) is 0 Å². The Kier molecular flexibility index (Phi) is 2.77. The Labute approximate surface area is 120 Å². The maximum atomic E-state index is 5.46. The highest BCUT2D eigenvalue weighted by atomic mass is 32.1. The van der Waals surface area contributed by atoms with Gasteiger partial charge in [0, 0.05) is 23.5 Å². The van der Waals surface area contributed by atoms with E-state index < -0.39 is 0 Å². The first-order valence-electron chi connectivity index (χ1n) is 6.58. The standard InChI is InChI=1S/C15H13N3OS/c1-2-6-13-11(5-1)12(9-16-13)15-17-14(18-19-15)8-10-4-3-7-20-10/h1-7,12,16H,8-9H2. The molecule has 0 bridgehead atoms. The average Bonchev–Trinajstić information content (AvgIpc) is 3.18. The largest absolute Gasteiger partial charge is 0.384 e. The van der Waals surface area contributed by atoms with Gasteiger partial charge in [0.1, 0.15) is 0 Å². The molecule has 0 amide bonds. The Balaban J connectivity index is 1.60. The predicted molar refractivity (Wildman–Crippen MR) is 78.2 cm³/mol. The molecule has 100 valence electrons. The number of thiophene rings is 1. The van der Waals surface area contributed by atoms with E-state index in [4.69, 9.17) is 4.52 Å². The van der Waals surface area contributed by atoms with E-state index in [9.17, 15) is 0 Å². The summed E-state index contributed by atoms with van der Waals surface area (Å²) in [6.45, 7) is 0.819. The number of hydrogen-bond acceptors (Lipinski definition) is 5. The molecule has 0 fully saturated rings. The Morgan fingerprint density at radius 1 is 1.25 bits per heavy atom. The maximum absolute atomic E-state index is 5.46. The predicted octanol–water partition coefficient (Wildman–Crippen LogP) is 3.28. The summed E-state index contributed by atoms with van der Waals surface area (Å²) in [5.74, 6) is 1.62. The number of benzene rings is 1. The van der Waals surface area contributed by atoms with Crippen LogP contribution < -0.4 is 5.32 Å². The molecule has 1 N–H and O–H groups in total. The van der Waals surface area contributed by atoms with Crippen LogP contribution >= 0.6 is 11.3 Å². The van der Waals surface area contributed by atoms with Crippen LogP contribution in [0, 0.1) is 0 Å². The molecule has 4 rings (SSSR count). The van der Waals surface area contributed by atoms with Crippen molar-refractivity contribution >= 4 is 17.0 Å². The zero-order valence-electron chi connectivity index (χ0n) is 10.7. The summed E-state index contributed by atoms with van der Waals surface area (Å²) < 4.78 is 5.46. The van der Waals surface area contributed by atoms with Crippen molar-refractivity contribution in [2.24, 2.45) is 0 Å². The van der Waals surface area contributed by atoms with Gasteiger partial charge in [0.2, 0.25) is 5.89 Å². The zero-order valence-corrected chi connectivity index (χ0v) is 11.6. The number of aromatic nitrogens is 2.